The predicted molar refractivity (Wildman–Crippen MR) is 93.5 cm³/mol. The Kier molecular flexibility index (Phi) is 4.57. The van der Waals surface area contributed by atoms with Crippen molar-refractivity contribution < 1.29 is 9.53 Å². The molecule has 0 aliphatic carbocycles. The predicted octanol–water partition coefficient (Wildman–Crippen LogP) is 4.04. The Hall–Kier alpha value is -2.81. The summed E-state index contributed by atoms with van der Waals surface area (Å²) >= 11 is 0. The smallest absolute Gasteiger partial charge is 0.328 e. The van der Waals surface area contributed by atoms with E-state index in [0.717, 1.165) is 16.6 Å². The number of hydrogen-bond donors (Lipinski definition) is 1. The van der Waals surface area contributed by atoms with Gasteiger partial charge in [0.05, 0.1) is 7.11 Å². The van der Waals surface area contributed by atoms with Crippen molar-refractivity contribution >= 4 is 22.4 Å². The maximum atomic E-state index is 12.1. The number of carbonyl (C=O) groups excluding carboxylic acids is 1. The minimum Gasteiger partial charge on any atom is -0.467 e. The van der Waals surface area contributed by atoms with Crippen molar-refractivity contribution in [3.05, 3.63) is 78.4 Å². The number of methoxy groups -OCH3 is 1. The highest BCUT2D eigenvalue weighted by atomic mass is 16.5. The molecule has 0 spiro atoms. The molecule has 1 N–H and O–H groups in total. The van der Waals surface area contributed by atoms with Gasteiger partial charge in [0.25, 0.3) is 0 Å². The third-order valence-corrected chi connectivity index (χ3v) is 3.86. The lowest BCUT2D eigenvalue weighted by Crippen LogP contribution is -2.32. The van der Waals surface area contributed by atoms with Crippen LogP contribution in [0.25, 0.3) is 10.8 Å². The molecule has 0 aliphatic rings. The van der Waals surface area contributed by atoms with Crippen LogP contribution in [0.3, 0.4) is 0 Å². The number of ether oxygens (including phenoxy) is 1. The molecule has 3 rings (SSSR count). The first-order valence-electron chi connectivity index (χ1n) is 7.63. The Bertz CT molecular complexity index is 799. The summed E-state index contributed by atoms with van der Waals surface area (Å²) in [5, 5.41) is 5.61. The van der Waals surface area contributed by atoms with Crippen LogP contribution in [-0.4, -0.2) is 19.1 Å². The largest absolute Gasteiger partial charge is 0.467 e. The van der Waals surface area contributed by atoms with Gasteiger partial charge >= 0.3 is 5.97 Å². The topological polar surface area (TPSA) is 38.3 Å². The number of nitrogens with one attached hydrogen (secondary N) is 1. The molecule has 0 aliphatic heterocycles. The standard InChI is InChI=1S/C20H19NO2/c1-23-20(22)19(13-15-7-3-2-4-8-15)21-18-12-11-16-9-5-6-10-17(16)14-18/h2-12,14,19,21H,13H2,1H3. The molecule has 0 amide bonds. The minimum absolute atomic E-state index is 0.262. The Morgan fingerprint density at radius 3 is 2.39 bits per heavy atom. The average molecular weight is 305 g/mol. The van der Waals surface area contributed by atoms with Gasteiger partial charge in [0, 0.05) is 12.1 Å². The van der Waals surface area contributed by atoms with E-state index in [4.69, 9.17) is 4.74 Å². The Balaban J connectivity index is 1.83. The van der Waals surface area contributed by atoms with Crippen molar-refractivity contribution in [3.63, 3.8) is 0 Å². The number of esters is 1. The molecule has 0 heterocycles. The monoisotopic (exact) mass is 305 g/mol. The number of carbonyl (C=O) groups is 1. The molecule has 3 heteroatoms. The summed E-state index contributed by atoms with van der Waals surface area (Å²) in [7, 11) is 1.42. The van der Waals surface area contributed by atoms with E-state index in [2.05, 4.69) is 29.6 Å². The summed E-state index contributed by atoms with van der Waals surface area (Å²) in [6, 6.07) is 23.8. The van der Waals surface area contributed by atoms with Gasteiger partial charge in [0.15, 0.2) is 0 Å². The van der Waals surface area contributed by atoms with Crippen LogP contribution < -0.4 is 5.32 Å². The van der Waals surface area contributed by atoms with Crippen LogP contribution in [0.4, 0.5) is 5.69 Å². The summed E-state index contributed by atoms with van der Waals surface area (Å²) in [6.45, 7) is 0. The molecule has 0 saturated carbocycles. The number of rotatable bonds is 5. The zero-order valence-corrected chi connectivity index (χ0v) is 13.0. The van der Waals surface area contributed by atoms with E-state index in [1.165, 1.54) is 12.5 Å². The van der Waals surface area contributed by atoms with Crippen LogP contribution >= 0.6 is 0 Å². The van der Waals surface area contributed by atoms with Crippen molar-refractivity contribution in [1.82, 2.24) is 0 Å². The molecular formula is C20H19NO2. The molecular weight excluding hydrogens is 286 g/mol. The number of fused-ring (bicyclic) bond motifs is 1. The zero-order chi connectivity index (χ0) is 16.1. The van der Waals surface area contributed by atoms with Crippen LogP contribution in [0.15, 0.2) is 72.8 Å². The second-order valence-electron chi connectivity index (χ2n) is 5.47. The molecule has 0 aromatic heterocycles. The molecule has 3 nitrogen and oxygen atoms in total. The van der Waals surface area contributed by atoms with Gasteiger partial charge in [0.1, 0.15) is 6.04 Å². The van der Waals surface area contributed by atoms with Crippen molar-refractivity contribution in [3.8, 4) is 0 Å². The van der Waals surface area contributed by atoms with Gasteiger partial charge in [-0.25, -0.2) is 4.79 Å². The average Bonchev–Trinajstić information content (AvgIpc) is 2.61. The second-order valence-corrected chi connectivity index (χ2v) is 5.47. The van der Waals surface area contributed by atoms with Gasteiger partial charge in [-0.15, -0.1) is 0 Å². The lowest BCUT2D eigenvalue weighted by atomic mass is 10.0. The minimum atomic E-state index is -0.413. The molecule has 1 atom stereocenters. The molecule has 3 aromatic rings. The summed E-state index contributed by atoms with van der Waals surface area (Å²) in [4.78, 5) is 12.1. The number of anilines is 1. The summed E-state index contributed by atoms with van der Waals surface area (Å²) in [5.74, 6) is -0.262. The summed E-state index contributed by atoms with van der Waals surface area (Å²) in [6.07, 6.45) is 0.584. The van der Waals surface area contributed by atoms with E-state index < -0.39 is 6.04 Å². The van der Waals surface area contributed by atoms with E-state index >= 15 is 0 Å². The van der Waals surface area contributed by atoms with Crippen molar-refractivity contribution in [2.75, 3.05) is 12.4 Å². The summed E-state index contributed by atoms with van der Waals surface area (Å²) < 4.78 is 4.94. The highest BCUT2D eigenvalue weighted by Crippen LogP contribution is 2.20. The summed E-state index contributed by atoms with van der Waals surface area (Å²) in [5.41, 5.74) is 2.01. The fourth-order valence-electron chi connectivity index (χ4n) is 2.67. The quantitative estimate of drug-likeness (QED) is 0.723. The SMILES string of the molecule is COC(=O)C(Cc1ccccc1)Nc1ccc2ccccc2c1. The lowest BCUT2D eigenvalue weighted by molar-refractivity contribution is -0.141. The van der Waals surface area contributed by atoms with Gasteiger partial charge < -0.3 is 10.1 Å². The van der Waals surface area contributed by atoms with Crippen molar-refractivity contribution in [1.29, 1.82) is 0 Å². The molecule has 23 heavy (non-hydrogen) atoms. The molecule has 0 bridgehead atoms. The first kappa shape index (κ1) is 15.1. The second kappa shape index (κ2) is 6.97. The third-order valence-electron chi connectivity index (χ3n) is 3.86. The van der Waals surface area contributed by atoms with Crippen LogP contribution in [0.1, 0.15) is 5.56 Å². The fraction of sp³-hybridized carbons (Fsp3) is 0.150. The molecule has 116 valence electrons. The van der Waals surface area contributed by atoms with Gasteiger partial charge in [-0.2, -0.15) is 0 Å². The van der Waals surface area contributed by atoms with Gasteiger partial charge in [0.2, 0.25) is 0 Å². The maximum absolute atomic E-state index is 12.1. The van der Waals surface area contributed by atoms with Gasteiger partial charge in [-0.1, -0.05) is 60.7 Å². The molecule has 1 unspecified atom stereocenters. The molecule has 0 saturated heterocycles. The zero-order valence-electron chi connectivity index (χ0n) is 13.0. The third kappa shape index (κ3) is 3.69. The Morgan fingerprint density at radius 2 is 1.65 bits per heavy atom. The van der Waals surface area contributed by atoms with Crippen molar-refractivity contribution in [2.24, 2.45) is 0 Å². The highest BCUT2D eigenvalue weighted by Gasteiger charge is 2.19. The lowest BCUT2D eigenvalue weighted by Gasteiger charge is -2.18. The highest BCUT2D eigenvalue weighted by molar-refractivity contribution is 5.87. The van der Waals surface area contributed by atoms with Crippen LogP contribution in [-0.2, 0) is 16.0 Å². The van der Waals surface area contributed by atoms with Gasteiger partial charge in [-0.05, 0) is 28.5 Å². The number of benzene rings is 3. The molecule has 3 aromatic carbocycles. The van der Waals surface area contributed by atoms with Gasteiger partial charge in [-0.3, -0.25) is 0 Å². The maximum Gasteiger partial charge on any atom is 0.328 e. The molecule has 0 radical (unpaired) electrons. The fourth-order valence-corrected chi connectivity index (χ4v) is 2.67. The number of hydrogen-bond acceptors (Lipinski definition) is 3. The van der Waals surface area contributed by atoms with E-state index in [1.807, 2.05) is 48.5 Å². The first-order valence-corrected chi connectivity index (χ1v) is 7.63. The Morgan fingerprint density at radius 1 is 0.957 bits per heavy atom. The van der Waals surface area contributed by atoms with E-state index in [-0.39, 0.29) is 5.97 Å². The van der Waals surface area contributed by atoms with E-state index in [0.29, 0.717) is 6.42 Å². The molecule has 0 fully saturated rings. The van der Waals surface area contributed by atoms with E-state index in [9.17, 15) is 4.79 Å². The van der Waals surface area contributed by atoms with Crippen molar-refractivity contribution in [2.45, 2.75) is 12.5 Å². The van der Waals surface area contributed by atoms with Crippen LogP contribution in [0.5, 0.6) is 0 Å². The Labute approximate surface area is 135 Å². The van der Waals surface area contributed by atoms with Crippen LogP contribution in [0.2, 0.25) is 0 Å². The normalized spacial score (nSPS) is 11.9. The first-order chi connectivity index (χ1) is 11.3. The van der Waals surface area contributed by atoms with E-state index in [1.54, 1.807) is 0 Å². The van der Waals surface area contributed by atoms with Crippen LogP contribution in [0, 0.1) is 0 Å².